The molecular formula is C16H25N5O3. The Labute approximate surface area is 142 Å². The molecular weight excluding hydrogens is 310 g/mol. The minimum absolute atomic E-state index is 0.124. The number of hydrogen-bond acceptors (Lipinski definition) is 6. The number of amides is 2. The number of nitrogens with zero attached hydrogens (tertiary/aromatic N) is 4. The molecule has 2 heterocycles. The first-order valence-corrected chi connectivity index (χ1v) is 8.11. The van der Waals surface area contributed by atoms with E-state index in [2.05, 4.69) is 15.3 Å². The normalized spacial score (nSPS) is 15.2. The molecule has 1 N–H and O–H groups in total. The summed E-state index contributed by atoms with van der Waals surface area (Å²) in [5.41, 5.74) is 0.300. The molecule has 1 saturated heterocycles. The zero-order valence-electron chi connectivity index (χ0n) is 14.7. The van der Waals surface area contributed by atoms with Crippen LogP contribution in [0.3, 0.4) is 0 Å². The van der Waals surface area contributed by atoms with E-state index in [-0.39, 0.29) is 17.5 Å². The first-order valence-electron chi connectivity index (χ1n) is 8.11. The van der Waals surface area contributed by atoms with E-state index in [1.165, 1.54) is 12.4 Å². The summed E-state index contributed by atoms with van der Waals surface area (Å²) < 4.78 is 4.97. The Bertz CT molecular complexity index is 574. The number of rotatable bonds is 3. The van der Waals surface area contributed by atoms with Gasteiger partial charge in [0.1, 0.15) is 0 Å². The van der Waals surface area contributed by atoms with Crippen LogP contribution in [0.4, 0.5) is 10.7 Å². The molecule has 2 amide bonds. The largest absolute Gasteiger partial charge is 0.450 e. The fourth-order valence-electron chi connectivity index (χ4n) is 2.33. The van der Waals surface area contributed by atoms with Crippen molar-refractivity contribution in [1.82, 2.24) is 19.8 Å². The topological polar surface area (TPSA) is 87.7 Å². The fraction of sp³-hybridized carbons (Fsp3) is 0.625. The maximum atomic E-state index is 12.5. The number of piperazine rings is 1. The summed E-state index contributed by atoms with van der Waals surface area (Å²) in [7, 11) is 0. The highest BCUT2D eigenvalue weighted by molar-refractivity contribution is 5.93. The summed E-state index contributed by atoms with van der Waals surface area (Å²) >= 11 is 0. The van der Waals surface area contributed by atoms with Crippen molar-refractivity contribution in [2.24, 2.45) is 0 Å². The third-order valence-corrected chi connectivity index (χ3v) is 3.48. The molecule has 0 aromatic carbocycles. The molecule has 1 aromatic heterocycles. The van der Waals surface area contributed by atoms with Crippen LogP contribution in [-0.2, 0) is 4.74 Å². The van der Waals surface area contributed by atoms with Gasteiger partial charge in [0, 0.05) is 44.1 Å². The molecule has 0 spiro atoms. The van der Waals surface area contributed by atoms with Crippen LogP contribution >= 0.6 is 0 Å². The van der Waals surface area contributed by atoms with Crippen LogP contribution < -0.4 is 5.32 Å². The highest BCUT2D eigenvalue weighted by Crippen LogP contribution is 2.12. The molecule has 8 nitrogen and oxygen atoms in total. The Morgan fingerprint density at radius 1 is 1.12 bits per heavy atom. The third kappa shape index (κ3) is 4.81. The number of nitrogens with one attached hydrogen (secondary N) is 1. The molecule has 24 heavy (non-hydrogen) atoms. The molecule has 0 saturated carbocycles. The van der Waals surface area contributed by atoms with Crippen LogP contribution in [-0.4, -0.2) is 70.1 Å². The van der Waals surface area contributed by atoms with Gasteiger partial charge in [-0.2, -0.15) is 0 Å². The van der Waals surface area contributed by atoms with Gasteiger partial charge in [0.05, 0.1) is 12.2 Å². The first-order chi connectivity index (χ1) is 11.3. The van der Waals surface area contributed by atoms with E-state index in [4.69, 9.17) is 4.74 Å². The molecule has 2 rings (SSSR count). The molecule has 1 aliphatic rings. The molecule has 1 aromatic rings. The van der Waals surface area contributed by atoms with E-state index >= 15 is 0 Å². The second kappa shape index (κ2) is 7.46. The number of carbonyl (C=O) groups excluding carboxylic acids is 2. The van der Waals surface area contributed by atoms with Crippen molar-refractivity contribution < 1.29 is 14.3 Å². The van der Waals surface area contributed by atoms with Crippen molar-refractivity contribution in [3.63, 3.8) is 0 Å². The monoisotopic (exact) mass is 335 g/mol. The smallest absolute Gasteiger partial charge is 0.409 e. The van der Waals surface area contributed by atoms with Crippen LogP contribution in [0.2, 0.25) is 0 Å². The second-order valence-electron chi connectivity index (χ2n) is 6.65. The predicted octanol–water partition coefficient (Wildman–Crippen LogP) is 1.60. The molecule has 0 aliphatic carbocycles. The Balaban J connectivity index is 1.92. The fourth-order valence-corrected chi connectivity index (χ4v) is 2.33. The maximum absolute atomic E-state index is 12.5. The first kappa shape index (κ1) is 18.0. The van der Waals surface area contributed by atoms with Crippen molar-refractivity contribution in [1.29, 1.82) is 0 Å². The second-order valence-corrected chi connectivity index (χ2v) is 6.65. The highest BCUT2D eigenvalue weighted by atomic mass is 16.6. The lowest BCUT2D eigenvalue weighted by Crippen LogP contribution is -2.50. The standard InChI is InChI=1S/C16H25N5O3/c1-5-24-15(23)21-8-6-20(7-9-21)13(22)12-10-17-14(18-11-12)19-16(2,3)4/h10-11H,5-9H2,1-4H3,(H,17,18,19). The van der Waals surface area contributed by atoms with Crippen molar-refractivity contribution in [2.45, 2.75) is 33.2 Å². The summed E-state index contributed by atoms with van der Waals surface area (Å²) in [6, 6.07) is 0. The van der Waals surface area contributed by atoms with Crippen LogP contribution in [0.5, 0.6) is 0 Å². The molecule has 8 heteroatoms. The molecule has 0 atom stereocenters. The third-order valence-electron chi connectivity index (χ3n) is 3.48. The van der Waals surface area contributed by atoms with Gasteiger partial charge in [-0.05, 0) is 27.7 Å². The van der Waals surface area contributed by atoms with Gasteiger partial charge in [0.25, 0.3) is 5.91 Å². The zero-order chi connectivity index (χ0) is 17.7. The minimum atomic E-state index is -0.328. The average Bonchev–Trinajstić information content (AvgIpc) is 2.54. The highest BCUT2D eigenvalue weighted by Gasteiger charge is 2.25. The van der Waals surface area contributed by atoms with Crippen LogP contribution in [0.15, 0.2) is 12.4 Å². The van der Waals surface area contributed by atoms with Gasteiger partial charge < -0.3 is 19.9 Å². The Kier molecular flexibility index (Phi) is 5.58. The van der Waals surface area contributed by atoms with E-state index in [9.17, 15) is 9.59 Å². The van der Waals surface area contributed by atoms with Crippen molar-refractivity contribution in [2.75, 3.05) is 38.1 Å². The van der Waals surface area contributed by atoms with Crippen LogP contribution in [0.25, 0.3) is 0 Å². The number of ether oxygens (including phenoxy) is 1. The summed E-state index contributed by atoms with van der Waals surface area (Å²) in [5.74, 6) is 0.368. The molecule has 1 fully saturated rings. The Hall–Kier alpha value is -2.38. The van der Waals surface area contributed by atoms with Gasteiger partial charge >= 0.3 is 6.09 Å². The van der Waals surface area contributed by atoms with Crippen molar-refractivity contribution >= 4 is 17.9 Å². The number of aromatic nitrogens is 2. The van der Waals surface area contributed by atoms with E-state index in [1.54, 1.807) is 16.7 Å². The minimum Gasteiger partial charge on any atom is -0.450 e. The van der Waals surface area contributed by atoms with Crippen LogP contribution in [0.1, 0.15) is 38.1 Å². The SMILES string of the molecule is CCOC(=O)N1CCN(C(=O)c2cnc(NC(C)(C)C)nc2)CC1. The Morgan fingerprint density at radius 2 is 1.67 bits per heavy atom. The average molecular weight is 335 g/mol. The molecule has 132 valence electrons. The van der Waals surface area contributed by atoms with Gasteiger partial charge in [0.15, 0.2) is 0 Å². The lowest BCUT2D eigenvalue weighted by Gasteiger charge is -2.34. The molecule has 0 unspecified atom stereocenters. The van der Waals surface area contributed by atoms with E-state index < -0.39 is 0 Å². The number of carbonyl (C=O) groups is 2. The predicted molar refractivity (Wildman–Crippen MR) is 89.9 cm³/mol. The van der Waals surface area contributed by atoms with E-state index in [0.717, 1.165) is 0 Å². The van der Waals surface area contributed by atoms with Gasteiger partial charge in [-0.1, -0.05) is 0 Å². The van der Waals surface area contributed by atoms with E-state index in [1.807, 2.05) is 20.8 Å². The summed E-state index contributed by atoms with van der Waals surface area (Å²) in [6.45, 7) is 10.0. The maximum Gasteiger partial charge on any atom is 0.409 e. The summed E-state index contributed by atoms with van der Waals surface area (Å²) in [6.07, 6.45) is 2.73. The van der Waals surface area contributed by atoms with Crippen molar-refractivity contribution in [3.05, 3.63) is 18.0 Å². The quantitative estimate of drug-likeness (QED) is 0.903. The van der Waals surface area contributed by atoms with Crippen molar-refractivity contribution in [3.8, 4) is 0 Å². The zero-order valence-corrected chi connectivity index (χ0v) is 14.7. The molecule has 1 aliphatic heterocycles. The number of anilines is 1. The van der Waals surface area contributed by atoms with Crippen LogP contribution in [0, 0.1) is 0 Å². The van der Waals surface area contributed by atoms with Gasteiger partial charge in [-0.15, -0.1) is 0 Å². The van der Waals surface area contributed by atoms with Gasteiger partial charge in [-0.25, -0.2) is 14.8 Å². The lowest BCUT2D eigenvalue weighted by molar-refractivity contribution is 0.0570. The van der Waals surface area contributed by atoms with Gasteiger partial charge in [-0.3, -0.25) is 4.79 Å². The molecule has 0 bridgehead atoms. The summed E-state index contributed by atoms with van der Waals surface area (Å²) in [4.78, 5) is 35.9. The lowest BCUT2D eigenvalue weighted by atomic mass is 10.1. The van der Waals surface area contributed by atoms with Gasteiger partial charge in [0.2, 0.25) is 5.95 Å². The summed E-state index contributed by atoms with van der Waals surface area (Å²) in [5, 5.41) is 3.15. The Morgan fingerprint density at radius 3 is 2.17 bits per heavy atom. The number of hydrogen-bond donors (Lipinski definition) is 1. The molecule has 0 radical (unpaired) electrons. The van der Waals surface area contributed by atoms with E-state index in [0.29, 0.717) is 44.3 Å².